The predicted octanol–water partition coefficient (Wildman–Crippen LogP) is 5.55. The summed E-state index contributed by atoms with van der Waals surface area (Å²) in [4.78, 5) is 28.8. The summed E-state index contributed by atoms with van der Waals surface area (Å²) in [5.41, 5.74) is 0. The largest absolute Gasteiger partial charge is 0.338 e. The van der Waals surface area contributed by atoms with Crippen LogP contribution in [0.5, 0.6) is 0 Å². The smallest absolute Gasteiger partial charge is 0.332 e. The molecule has 0 atom stereocenters. The minimum Gasteiger partial charge on any atom is -0.338 e. The van der Waals surface area contributed by atoms with Crippen molar-refractivity contribution in [2.45, 2.75) is 110 Å². The molecule has 1 rings (SSSR count). The second kappa shape index (κ2) is 14.3. The Morgan fingerprint density at radius 1 is 0.875 bits per heavy atom. The van der Waals surface area contributed by atoms with Crippen molar-refractivity contribution in [2.24, 2.45) is 0 Å². The number of rotatable bonds is 13. The molecule has 0 aromatic heterocycles. The van der Waals surface area contributed by atoms with Gasteiger partial charge in [-0.1, -0.05) is 77.6 Å². The Labute approximate surface area is 148 Å². The molecule has 0 aliphatic carbocycles. The Hall–Kier alpha value is -1.06. The van der Waals surface area contributed by atoms with Gasteiger partial charge in [-0.15, -0.1) is 0 Å². The minimum atomic E-state index is -0.249. The molecular formula is C20H37NO3. The van der Waals surface area contributed by atoms with Gasteiger partial charge in [-0.25, -0.2) is 4.79 Å². The molecule has 4 nitrogen and oxygen atoms in total. The highest BCUT2D eigenvalue weighted by atomic mass is 16.7. The lowest BCUT2D eigenvalue weighted by Crippen LogP contribution is -2.32. The van der Waals surface area contributed by atoms with E-state index in [1.165, 1.54) is 62.9 Å². The van der Waals surface area contributed by atoms with E-state index in [1.54, 1.807) is 0 Å². The third-order valence-electron chi connectivity index (χ3n) is 4.73. The van der Waals surface area contributed by atoms with Crippen LogP contribution in [0.15, 0.2) is 0 Å². The van der Waals surface area contributed by atoms with Crippen molar-refractivity contribution in [1.29, 1.82) is 0 Å². The highest BCUT2D eigenvalue weighted by molar-refractivity contribution is 5.78. The normalized spacial score (nSPS) is 15.4. The van der Waals surface area contributed by atoms with E-state index < -0.39 is 0 Å². The summed E-state index contributed by atoms with van der Waals surface area (Å²) >= 11 is 0. The van der Waals surface area contributed by atoms with Gasteiger partial charge in [0.15, 0.2) is 0 Å². The maximum atomic E-state index is 11.8. The van der Waals surface area contributed by atoms with Crippen LogP contribution in [0.1, 0.15) is 110 Å². The number of carbonyl (C=O) groups is 2. The van der Waals surface area contributed by atoms with Crippen LogP contribution in [-0.2, 0) is 14.4 Å². The summed E-state index contributed by atoms with van der Waals surface area (Å²) < 4.78 is 0. The lowest BCUT2D eigenvalue weighted by Gasteiger charge is -2.18. The third kappa shape index (κ3) is 10.7. The van der Waals surface area contributed by atoms with E-state index in [2.05, 4.69) is 6.92 Å². The molecule has 1 aliphatic heterocycles. The summed E-state index contributed by atoms with van der Waals surface area (Å²) in [7, 11) is 0. The van der Waals surface area contributed by atoms with Crippen molar-refractivity contribution >= 4 is 11.9 Å². The van der Waals surface area contributed by atoms with Gasteiger partial charge in [-0.2, -0.15) is 5.06 Å². The lowest BCUT2D eigenvalue weighted by atomic mass is 10.1. The number of carbonyl (C=O) groups excluding carboxylic acids is 2. The zero-order valence-corrected chi connectivity index (χ0v) is 15.7. The van der Waals surface area contributed by atoms with Gasteiger partial charge in [0.05, 0.1) is 6.54 Å². The average molecular weight is 340 g/mol. The Kier molecular flexibility index (Phi) is 12.5. The number of hydrogen-bond acceptors (Lipinski definition) is 3. The highest BCUT2D eigenvalue weighted by Gasteiger charge is 2.20. The van der Waals surface area contributed by atoms with Gasteiger partial charge in [0.25, 0.3) is 5.91 Å². The molecule has 1 fully saturated rings. The summed E-state index contributed by atoms with van der Waals surface area (Å²) in [5, 5.41) is 1.29. The first-order valence-electron chi connectivity index (χ1n) is 10.2. The first kappa shape index (κ1) is 21.0. The monoisotopic (exact) mass is 339 g/mol. The molecule has 0 N–H and O–H groups in total. The zero-order valence-electron chi connectivity index (χ0n) is 15.7. The zero-order chi connectivity index (χ0) is 17.5. The number of nitrogens with zero attached hydrogens (tertiary/aromatic N) is 1. The summed E-state index contributed by atoms with van der Waals surface area (Å²) in [6.45, 7) is 2.81. The summed E-state index contributed by atoms with van der Waals surface area (Å²) in [6.07, 6.45) is 17.7. The van der Waals surface area contributed by atoms with E-state index in [-0.39, 0.29) is 11.9 Å². The van der Waals surface area contributed by atoms with Crippen molar-refractivity contribution < 1.29 is 14.4 Å². The molecule has 0 unspecified atom stereocenters. The second-order valence-corrected chi connectivity index (χ2v) is 7.06. The molecule has 140 valence electrons. The number of unbranched alkanes of at least 4 members (excludes halogenated alkanes) is 10. The molecule has 0 aromatic carbocycles. The topological polar surface area (TPSA) is 46.6 Å². The maximum absolute atomic E-state index is 11.8. The van der Waals surface area contributed by atoms with Crippen LogP contribution in [0.4, 0.5) is 0 Å². The quantitative estimate of drug-likeness (QED) is 0.413. The Bertz CT molecular complexity index is 344. The van der Waals surface area contributed by atoms with Gasteiger partial charge in [-0.3, -0.25) is 4.79 Å². The van der Waals surface area contributed by atoms with Crippen molar-refractivity contribution in [3.8, 4) is 0 Å². The standard InChI is InChI=1S/C20H37NO3/c1-2-3-4-5-6-7-8-9-10-11-14-17-20(23)24-21-18-15-12-13-16-19(21)22/h2-18H2,1H3. The van der Waals surface area contributed by atoms with Gasteiger partial charge in [0.1, 0.15) is 0 Å². The first-order valence-corrected chi connectivity index (χ1v) is 10.2. The van der Waals surface area contributed by atoms with E-state index in [0.717, 1.165) is 32.1 Å². The van der Waals surface area contributed by atoms with Crippen molar-refractivity contribution in [3.63, 3.8) is 0 Å². The average Bonchev–Trinajstić information content (AvgIpc) is 2.77. The minimum absolute atomic E-state index is 0.0419. The van der Waals surface area contributed by atoms with E-state index in [4.69, 9.17) is 4.84 Å². The molecular weight excluding hydrogens is 302 g/mol. The fourth-order valence-corrected chi connectivity index (χ4v) is 3.16. The molecule has 0 spiro atoms. The molecule has 4 heteroatoms. The Balaban J connectivity index is 1.91. The molecule has 1 saturated heterocycles. The first-order chi connectivity index (χ1) is 11.7. The third-order valence-corrected chi connectivity index (χ3v) is 4.73. The molecule has 1 aliphatic rings. The van der Waals surface area contributed by atoms with Gasteiger partial charge in [-0.05, 0) is 19.3 Å². The molecule has 0 aromatic rings. The lowest BCUT2D eigenvalue weighted by molar-refractivity contribution is -0.197. The van der Waals surface area contributed by atoms with Crippen molar-refractivity contribution in [1.82, 2.24) is 5.06 Å². The van der Waals surface area contributed by atoms with E-state index in [9.17, 15) is 9.59 Å². The number of hydrogen-bond donors (Lipinski definition) is 0. The highest BCUT2D eigenvalue weighted by Crippen LogP contribution is 2.14. The van der Waals surface area contributed by atoms with Crippen LogP contribution in [0.2, 0.25) is 0 Å². The molecule has 1 heterocycles. The van der Waals surface area contributed by atoms with Gasteiger partial charge in [0, 0.05) is 12.8 Å². The Morgan fingerprint density at radius 3 is 2.08 bits per heavy atom. The van der Waals surface area contributed by atoms with Gasteiger partial charge < -0.3 is 4.84 Å². The molecule has 0 bridgehead atoms. The van der Waals surface area contributed by atoms with Crippen LogP contribution in [-0.4, -0.2) is 23.5 Å². The number of amides is 1. The van der Waals surface area contributed by atoms with Crippen LogP contribution in [0, 0.1) is 0 Å². The molecule has 24 heavy (non-hydrogen) atoms. The number of hydroxylamine groups is 2. The maximum Gasteiger partial charge on any atom is 0.332 e. The Morgan fingerprint density at radius 2 is 1.46 bits per heavy atom. The fourth-order valence-electron chi connectivity index (χ4n) is 3.16. The fraction of sp³-hybridized carbons (Fsp3) is 0.900. The van der Waals surface area contributed by atoms with Crippen LogP contribution in [0.25, 0.3) is 0 Å². The van der Waals surface area contributed by atoms with E-state index in [1.807, 2.05) is 0 Å². The van der Waals surface area contributed by atoms with Crippen LogP contribution in [0.3, 0.4) is 0 Å². The van der Waals surface area contributed by atoms with E-state index >= 15 is 0 Å². The van der Waals surface area contributed by atoms with E-state index in [0.29, 0.717) is 19.4 Å². The predicted molar refractivity (Wildman–Crippen MR) is 97.4 cm³/mol. The van der Waals surface area contributed by atoms with Gasteiger partial charge in [0.2, 0.25) is 0 Å². The van der Waals surface area contributed by atoms with Crippen molar-refractivity contribution in [2.75, 3.05) is 6.54 Å². The van der Waals surface area contributed by atoms with Crippen molar-refractivity contribution in [3.05, 3.63) is 0 Å². The molecule has 1 amide bonds. The second-order valence-electron chi connectivity index (χ2n) is 7.06. The molecule has 0 saturated carbocycles. The van der Waals surface area contributed by atoms with Gasteiger partial charge >= 0.3 is 5.97 Å². The SMILES string of the molecule is CCCCCCCCCCCCCC(=O)ON1CCCCCC1=O. The van der Waals surface area contributed by atoms with Crippen LogP contribution < -0.4 is 0 Å². The van der Waals surface area contributed by atoms with Crippen LogP contribution >= 0.6 is 0 Å². The summed E-state index contributed by atoms with van der Waals surface area (Å²) in [6, 6.07) is 0. The molecule has 0 radical (unpaired) electrons. The summed E-state index contributed by atoms with van der Waals surface area (Å²) in [5.74, 6) is -0.291.